The van der Waals surface area contributed by atoms with Gasteiger partial charge in [0.2, 0.25) is 0 Å². The van der Waals surface area contributed by atoms with Crippen LogP contribution in [0.2, 0.25) is 0 Å². The maximum absolute atomic E-state index is 12.8. The predicted octanol–water partition coefficient (Wildman–Crippen LogP) is 3.72. The number of ether oxygens (including phenoxy) is 2. The van der Waals surface area contributed by atoms with Crippen LogP contribution < -0.4 is 15.4 Å². The Morgan fingerprint density at radius 3 is 2.32 bits per heavy atom. The van der Waals surface area contributed by atoms with Crippen LogP contribution >= 0.6 is 0 Å². The molecule has 0 aliphatic rings. The first-order valence-corrected chi connectivity index (χ1v) is 10.3. The average Bonchev–Trinajstić information content (AvgIpc) is 2.77. The molecule has 7 nitrogen and oxygen atoms in total. The van der Waals surface area contributed by atoms with E-state index in [-0.39, 0.29) is 11.8 Å². The number of carbonyl (C=O) groups excluding carboxylic acids is 3. The molecule has 0 bridgehead atoms. The molecule has 0 fully saturated rings. The second kappa shape index (κ2) is 11.2. The van der Waals surface area contributed by atoms with Crippen LogP contribution in [0.1, 0.15) is 43.1 Å². The number of rotatable bonds is 9. The smallest absolute Gasteiger partial charge is 0.329 e. The molecular formula is C24H30N2O5. The molecule has 0 heterocycles. The molecule has 0 spiro atoms. The molecule has 2 N–H and O–H groups in total. The number of nitrogens with one attached hydrogen (secondary N) is 2. The molecule has 0 aliphatic carbocycles. The van der Waals surface area contributed by atoms with Crippen LogP contribution in [0.4, 0.5) is 5.69 Å². The zero-order valence-electron chi connectivity index (χ0n) is 18.6. The average molecular weight is 427 g/mol. The fourth-order valence-electron chi connectivity index (χ4n) is 2.94. The molecule has 0 aliphatic heterocycles. The predicted molar refractivity (Wildman–Crippen MR) is 119 cm³/mol. The highest BCUT2D eigenvalue weighted by Gasteiger charge is 2.30. The van der Waals surface area contributed by atoms with Crippen molar-refractivity contribution in [2.45, 2.75) is 46.3 Å². The van der Waals surface area contributed by atoms with E-state index in [1.54, 1.807) is 42.5 Å². The van der Waals surface area contributed by atoms with Crippen molar-refractivity contribution in [1.82, 2.24) is 5.32 Å². The van der Waals surface area contributed by atoms with Gasteiger partial charge in [-0.2, -0.15) is 0 Å². The molecule has 2 amide bonds. The first kappa shape index (κ1) is 23.9. The van der Waals surface area contributed by atoms with Crippen LogP contribution in [-0.4, -0.2) is 37.0 Å². The summed E-state index contributed by atoms with van der Waals surface area (Å²) in [5, 5.41) is 5.47. The van der Waals surface area contributed by atoms with E-state index in [9.17, 15) is 14.4 Å². The van der Waals surface area contributed by atoms with Gasteiger partial charge >= 0.3 is 5.97 Å². The van der Waals surface area contributed by atoms with Crippen molar-refractivity contribution < 1.29 is 23.9 Å². The van der Waals surface area contributed by atoms with Gasteiger partial charge in [-0.3, -0.25) is 9.59 Å². The van der Waals surface area contributed by atoms with Gasteiger partial charge in [-0.1, -0.05) is 44.5 Å². The number of carbonyl (C=O) groups is 3. The molecule has 0 saturated carbocycles. The standard InChI is InChI=1S/C24H30N2O5/c1-6-16(3)21(26-23(28)18-10-8-7-9-11-18)24(29)31-17(4)22(27)25-19-14-15(2)12-13-20(19)30-5/h7-14,16-17,21H,6H2,1-5H3,(H,25,27)(H,26,28)/t16-,17+,21-/m0/s1. The van der Waals surface area contributed by atoms with Gasteiger partial charge in [0.15, 0.2) is 6.10 Å². The number of methoxy groups -OCH3 is 1. The van der Waals surface area contributed by atoms with Crippen molar-refractivity contribution in [2.24, 2.45) is 5.92 Å². The lowest BCUT2D eigenvalue weighted by Crippen LogP contribution is -2.47. The van der Waals surface area contributed by atoms with Crippen molar-refractivity contribution in [3.8, 4) is 5.75 Å². The molecule has 2 aromatic carbocycles. The lowest BCUT2D eigenvalue weighted by molar-refractivity contribution is -0.156. The van der Waals surface area contributed by atoms with E-state index in [1.165, 1.54) is 14.0 Å². The maximum Gasteiger partial charge on any atom is 0.329 e. The Labute approximate surface area is 183 Å². The van der Waals surface area contributed by atoms with Gasteiger partial charge < -0.3 is 20.1 Å². The summed E-state index contributed by atoms with van der Waals surface area (Å²) in [6.07, 6.45) is -0.409. The molecule has 31 heavy (non-hydrogen) atoms. The topological polar surface area (TPSA) is 93.7 Å². The van der Waals surface area contributed by atoms with Gasteiger partial charge in [-0.15, -0.1) is 0 Å². The Morgan fingerprint density at radius 2 is 1.71 bits per heavy atom. The maximum atomic E-state index is 12.8. The molecule has 166 valence electrons. The highest BCUT2D eigenvalue weighted by atomic mass is 16.5. The Balaban J connectivity index is 2.07. The van der Waals surface area contributed by atoms with Crippen LogP contribution in [0.5, 0.6) is 5.75 Å². The second-order valence-corrected chi connectivity index (χ2v) is 7.47. The highest BCUT2D eigenvalue weighted by Crippen LogP contribution is 2.25. The van der Waals surface area contributed by atoms with E-state index < -0.39 is 24.0 Å². The number of benzene rings is 2. The molecule has 2 aromatic rings. The third-order valence-electron chi connectivity index (χ3n) is 5.06. The lowest BCUT2D eigenvalue weighted by Gasteiger charge is -2.24. The highest BCUT2D eigenvalue weighted by molar-refractivity contribution is 5.98. The molecule has 0 aromatic heterocycles. The molecule has 0 radical (unpaired) electrons. The number of hydrogen-bond donors (Lipinski definition) is 2. The third-order valence-corrected chi connectivity index (χ3v) is 5.06. The normalized spacial score (nSPS) is 13.5. The van der Waals surface area contributed by atoms with Crippen molar-refractivity contribution in [1.29, 1.82) is 0 Å². The minimum atomic E-state index is -1.06. The summed E-state index contributed by atoms with van der Waals surface area (Å²) in [7, 11) is 1.51. The minimum Gasteiger partial charge on any atom is -0.495 e. The third kappa shape index (κ3) is 6.57. The number of esters is 1. The molecule has 3 atom stereocenters. The second-order valence-electron chi connectivity index (χ2n) is 7.47. The van der Waals surface area contributed by atoms with Crippen LogP contribution in [0.3, 0.4) is 0 Å². The summed E-state index contributed by atoms with van der Waals surface area (Å²) in [4.78, 5) is 37.9. The van der Waals surface area contributed by atoms with Crippen LogP contribution in [-0.2, 0) is 14.3 Å². The van der Waals surface area contributed by atoms with Gasteiger partial charge in [0, 0.05) is 5.56 Å². The Bertz CT molecular complexity index is 913. The van der Waals surface area contributed by atoms with Gasteiger partial charge in [-0.25, -0.2) is 4.79 Å². The van der Waals surface area contributed by atoms with E-state index >= 15 is 0 Å². The first-order chi connectivity index (χ1) is 14.8. The number of anilines is 1. The number of amides is 2. The van der Waals surface area contributed by atoms with Crippen LogP contribution in [0, 0.1) is 12.8 Å². The lowest BCUT2D eigenvalue weighted by atomic mass is 9.98. The summed E-state index contributed by atoms with van der Waals surface area (Å²) in [5.41, 5.74) is 1.88. The van der Waals surface area contributed by atoms with Crippen molar-refractivity contribution in [2.75, 3.05) is 12.4 Å². The van der Waals surface area contributed by atoms with Crippen molar-refractivity contribution in [3.63, 3.8) is 0 Å². The molecular weight excluding hydrogens is 396 g/mol. The van der Waals surface area contributed by atoms with E-state index in [1.807, 2.05) is 26.8 Å². The van der Waals surface area contributed by atoms with E-state index in [4.69, 9.17) is 9.47 Å². The summed E-state index contributed by atoms with van der Waals surface area (Å²) in [6, 6.07) is 13.1. The molecule has 7 heteroatoms. The summed E-state index contributed by atoms with van der Waals surface area (Å²) in [6.45, 7) is 7.15. The van der Waals surface area contributed by atoms with Gasteiger partial charge in [0.25, 0.3) is 11.8 Å². The largest absolute Gasteiger partial charge is 0.495 e. The first-order valence-electron chi connectivity index (χ1n) is 10.3. The van der Waals surface area contributed by atoms with E-state index in [2.05, 4.69) is 10.6 Å². The fraction of sp³-hybridized carbons (Fsp3) is 0.375. The van der Waals surface area contributed by atoms with Gasteiger partial charge in [-0.05, 0) is 49.6 Å². The number of hydrogen-bond acceptors (Lipinski definition) is 5. The molecule has 0 unspecified atom stereocenters. The molecule has 0 saturated heterocycles. The SMILES string of the molecule is CC[C@H](C)[C@H](NC(=O)c1ccccc1)C(=O)O[C@H](C)C(=O)Nc1cc(C)ccc1OC. The Hall–Kier alpha value is -3.35. The van der Waals surface area contributed by atoms with Crippen LogP contribution in [0.25, 0.3) is 0 Å². The zero-order valence-corrected chi connectivity index (χ0v) is 18.6. The fourth-order valence-corrected chi connectivity index (χ4v) is 2.94. The minimum absolute atomic E-state index is 0.174. The summed E-state index contributed by atoms with van der Waals surface area (Å²) >= 11 is 0. The Morgan fingerprint density at radius 1 is 1.03 bits per heavy atom. The summed E-state index contributed by atoms with van der Waals surface area (Å²) in [5.74, 6) is -1.19. The van der Waals surface area contributed by atoms with Gasteiger partial charge in [0.05, 0.1) is 12.8 Å². The zero-order chi connectivity index (χ0) is 23.0. The van der Waals surface area contributed by atoms with E-state index in [0.29, 0.717) is 23.4 Å². The Kier molecular flexibility index (Phi) is 8.61. The summed E-state index contributed by atoms with van der Waals surface area (Å²) < 4.78 is 10.7. The van der Waals surface area contributed by atoms with Crippen molar-refractivity contribution in [3.05, 3.63) is 59.7 Å². The monoisotopic (exact) mass is 426 g/mol. The quantitative estimate of drug-likeness (QED) is 0.596. The molecule has 2 rings (SSSR count). The van der Waals surface area contributed by atoms with Gasteiger partial charge in [0.1, 0.15) is 11.8 Å². The number of aryl methyl sites for hydroxylation is 1. The van der Waals surface area contributed by atoms with Crippen LogP contribution in [0.15, 0.2) is 48.5 Å². The van der Waals surface area contributed by atoms with Crippen molar-refractivity contribution >= 4 is 23.5 Å². The van der Waals surface area contributed by atoms with E-state index in [0.717, 1.165) is 5.56 Å².